The van der Waals surface area contributed by atoms with Gasteiger partial charge in [0.25, 0.3) is 0 Å². The SMILES string of the molecule is C=C1CCCC2c3[nH]c4ccccc4c3CCN12. The minimum absolute atomic E-state index is 0.544. The van der Waals surface area contributed by atoms with Gasteiger partial charge in [-0.15, -0.1) is 0 Å². The van der Waals surface area contributed by atoms with E-state index in [0.29, 0.717) is 6.04 Å². The Bertz CT molecular complexity index is 623. The maximum Gasteiger partial charge on any atom is 0.0691 e. The molecule has 1 aromatic heterocycles. The quantitative estimate of drug-likeness (QED) is 0.740. The lowest BCUT2D eigenvalue weighted by Crippen LogP contribution is -2.36. The van der Waals surface area contributed by atoms with Crippen molar-refractivity contribution in [3.8, 4) is 0 Å². The molecular formula is C16H18N2. The van der Waals surface area contributed by atoms with Gasteiger partial charge in [0.1, 0.15) is 0 Å². The highest BCUT2D eigenvalue weighted by Gasteiger charge is 2.32. The van der Waals surface area contributed by atoms with Gasteiger partial charge in [-0.25, -0.2) is 0 Å². The lowest BCUT2D eigenvalue weighted by Gasteiger charge is -2.42. The molecular weight excluding hydrogens is 220 g/mol. The third-order valence-electron chi connectivity index (χ3n) is 4.51. The molecule has 2 nitrogen and oxygen atoms in total. The highest BCUT2D eigenvalue weighted by molar-refractivity contribution is 5.85. The van der Waals surface area contributed by atoms with Crippen molar-refractivity contribution in [3.63, 3.8) is 0 Å². The minimum Gasteiger partial charge on any atom is -0.366 e. The van der Waals surface area contributed by atoms with Crippen molar-refractivity contribution in [1.82, 2.24) is 9.88 Å². The molecule has 0 amide bonds. The molecule has 2 aliphatic heterocycles. The third-order valence-corrected chi connectivity index (χ3v) is 4.51. The second-order valence-corrected chi connectivity index (χ2v) is 5.48. The van der Waals surface area contributed by atoms with Crippen LogP contribution in [0, 0.1) is 0 Å². The summed E-state index contributed by atoms with van der Waals surface area (Å²) in [6.45, 7) is 5.37. The normalized spacial score (nSPS) is 23.0. The molecule has 92 valence electrons. The number of hydrogen-bond acceptors (Lipinski definition) is 1. The van der Waals surface area contributed by atoms with E-state index in [0.717, 1.165) is 13.0 Å². The number of benzene rings is 1. The van der Waals surface area contributed by atoms with E-state index >= 15 is 0 Å². The predicted octanol–water partition coefficient (Wildman–Crippen LogP) is 3.76. The fourth-order valence-corrected chi connectivity index (χ4v) is 3.64. The van der Waals surface area contributed by atoms with Crippen molar-refractivity contribution in [2.75, 3.05) is 6.54 Å². The van der Waals surface area contributed by atoms with Gasteiger partial charge in [-0.2, -0.15) is 0 Å². The summed E-state index contributed by atoms with van der Waals surface area (Å²) in [6, 6.07) is 9.24. The van der Waals surface area contributed by atoms with Crippen LogP contribution in [-0.2, 0) is 6.42 Å². The van der Waals surface area contributed by atoms with Gasteiger partial charge in [0.2, 0.25) is 0 Å². The van der Waals surface area contributed by atoms with E-state index in [1.165, 1.54) is 41.6 Å². The summed E-state index contributed by atoms with van der Waals surface area (Å²) in [5, 5.41) is 1.42. The zero-order valence-electron chi connectivity index (χ0n) is 10.6. The number of aromatic amines is 1. The molecule has 0 radical (unpaired) electrons. The van der Waals surface area contributed by atoms with Gasteiger partial charge in [-0.3, -0.25) is 0 Å². The zero-order valence-corrected chi connectivity index (χ0v) is 10.6. The maximum absolute atomic E-state index is 4.24. The van der Waals surface area contributed by atoms with Gasteiger partial charge >= 0.3 is 0 Å². The number of fused-ring (bicyclic) bond motifs is 5. The number of piperidine rings is 1. The summed E-state index contributed by atoms with van der Waals surface area (Å²) in [5.41, 5.74) is 5.61. The Morgan fingerprint density at radius 3 is 3.06 bits per heavy atom. The molecule has 3 heterocycles. The van der Waals surface area contributed by atoms with E-state index in [-0.39, 0.29) is 0 Å². The van der Waals surface area contributed by atoms with Crippen molar-refractivity contribution in [1.29, 1.82) is 0 Å². The van der Waals surface area contributed by atoms with E-state index in [1.807, 2.05) is 0 Å². The van der Waals surface area contributed by atoms with Crippen LogP contribution in [0.4, 0.5) is 0 Å². The smallest absolute Gasteiger partial charge is 0.0691 e. The Kier molecular flexibility index (Phi) is 2.07. The van der Waals surface area contributed by atoms with Crippen molar-refractivity contribution in [2.45, 2.75) is 31.7 Å². The first-order valence-electron chi connectivity index (χ1n) is 6.88. The average Bonchev–Trinajstić information content (AvgIpc) is 2.78. The van der Waals surface area contributed by atoms with Gasteiger partial charge in [0.05, 0.1) is 6.04 Å². The number of H-pyrrole nitrogens is 1. The van der Waals surface area contributed by atoms with Gasteiger partial charge in [-0.1, -0.05) is 24.8 Å². The van der Waals surface area contributed by atoms with E-state index < -0.39 is 0 Å². The van der Waals surface area contributed by atoms with Crippen molar-refractivity contribution >= 4 is 10.9 Å². The molecule has 1 fully saturated rings. The molecule has 1 N–H and O–H groups in total. The van der Waals surface area contributed by atoms with Gasteiger partial charge < -0.3 is 9.88 Å². The molecule has 18 heavy (non-hydrogen) atoms. The Morgan fingerprint density at radius 2 is 2.11 bits per heavy atom. The summed E-state index contributed by atoms with van der Waals surface area (Å²) in [7, 11) is 0. The molecule has 1 saturated heterocycles. The number of nitrogens with one attached hydrogen (secondary N) is 1. The van der Waals surface area contributed by atoms with Crippen LogP contribution in [-0.4, -0.2) is 16.4 Å². The highest BCUT2D eigenvalue weighted by Crippen LogP contribution is 2.42. The van der Waals surface area contributed by atoms with E-state index in [2.05, 4.69) is 40.7 Å². The summed E-state index contributed by atoms with van der Waals surface area (Å²) in [4.78, 5) is 6.17. The topological polar surface area (TPSA) is 19.0 Å². The second-order valence-electron chi connectivity index (χ2n) is 5.48. The first-order valence-corrected chi connectivity index (χ1v) is 6.88. The van der Waals surface area contributed by atoms with Crippen LogP contribution in [0.25, 0.3) is 10.9 Å². The fraction of sp³-hybridized carbons (Fsp3) is 0.375. The van der Waals surface area contributed by atoms with Crippen molar-refractivity contribution < 1.29 is 0 Å². The molecule has 2 aromatic rings. The van der Waals surface area contributed by atoms with Crippen LogP contribution in [0.1, 0.15) is 36.6 Å². The van der Waals surface area contributed by atoms with Crippen LogP contribution in [0.5, 0.6) is 0 Å². The lowest BCUT2D eigenvalue weighted by molar-refractivity contribution is 0.187. The monoisotopic (exact) mass is 238 g/mol. The van der Waals surface area contributed by atoms with Crippen molar-refractivity contribution in [2.24, 2.45) is 0 Å². The van der Waals surface area contributed by atoms with Crippen LogP contribution in [0.3, 0.4) is 0 Å². The first-order chi connectivity index (χ1) is 8.84. The molecule has 0 spiro atoms. The summed E-state index contributed by atoms with van der Waals surface area (Å²) in [5.74, 6) is 0. The van der Waals surface area contributed by atoms with E-state index in [1.54, 1.807) is 5.56 Å². The van der Waals surface area contributed by atoms with E-state index in [9.17, 15) is 0 Å². The van der Waals surface area contributed by atoms with Crippen LogP contribution >= 0.6 is 0 Å². The summed E-state index contributed by atoms with van der Waals surface area (Å²) in [6.07, 6.45) is 4.86. The zero-order chi connectivity index (χ0) is 12.1. The minimum atomic E-state index is 0.544. The molecule has 1 aromatic carbocycles. The van der Waals surface area contributed by atoms with E-state index in [4.69, 9.17) is 0 Å². The van der Waals surface area contributed by atoms with Gasteiger partial charge in [-0.05, 0) is 37.3 Å². The predicted molar refractivity (Wildman–Crippen MR) is 74.4 cm³/mol. The largest absolute Gasteiger partial charge is 0.366 e. The molecule has 2 aliphatic rings. The highest BCUT2D eigenvalue weighted by atomic mass is 15.2. The molecule has 1 unspecified atom stereocenters. The number of rotatable bonds is 0. The number of hydrogen-bond donors (Lipinski definition) is 1. The lowest BCUT2D eigenvalue weighted by atomic mass is 9.90. The molecule has 0 bridgehead atoms. The molecule has 4 rings (SSSR count). The Morgan fingerprint density at radius 1 is 1.22 bits per heavy atom. The summed E-state index contributed by atoms with van der Waals surface area (Å²) >= 11 is 0. The number of aromatic nitrogens is 1. The maximum atomic E-state index is 4.24. The Hall–Kier alpha value is -1.70. The number of para-hydroxylation sites is 1. The third kappa shape index (κ3) is 1.29. The van der Waals surface area contributed by atoms with Gasteiger partial charge in [0, 0.05) is 28.8 Å². The average molecular weight is 238 g/mol. The number of allylic oxidation sites excluding steroid dienone is 1. The molecule has 2 heteroatoms. The Balaban J connectivity index is 1.90. The number of nitrogens with zero attached hydrogens (tertiary/aromatic N) is 1. The molecule has 1 atom stereocenters. The van der Waals surface area contributed by atoms with Crippen molar-refractivity contribution in [3.05, 3.63) is 47.8 Å². The van der Waals surface area contributed by atoms with Crippen LogP contribution in [0.15, 0.2) is 36.5 Å². The van der Waals surface area contributed by atoms with Crippen LogP contribution < -0.4 is 0 Å². The second kappa shape index (κ2) is 3.64. The first kappa shape index (κ1) is 10.2. The Labute approximate surface area is 107 Å². The standard InChI is InChI=1S/C16H18N2/c1-11-5-4-8-15-16-13(9-10-18(11)15)12-6-2-3-7-14(12)17-16/h2-3,6-7,15,17H,1,4-5,8-10H2. The van der Waals surface area contributed by atoms with Crippen LogP contribution in [0.2, 0.25) is 0 Å². The molecule has 0 saturated carbocycles. The summed E-state index contributed by atoms with van der Waals surface area (Å²) < 4.78 is 0. The fourth-order valence-electron chi connectivity index (χ4n) is 3.64. The molecule has 0 aliphatic carbocycles. The van der Waals surface area contributed by atoms with Gasteiger partial charge in [0.15, 0.2) is 0 Å².